The molecule has 102 valence electrons. The first kappa shape index (κ1) is 13.8. The van der Waals surface area contributed by atoms with Gasteiger partial charge in [0, 0.05) is 37.2 Å². The van der Waals surface area contributed by atoms with Crippen LogP contribution in [0.4, 0.5) is 5.13 Å². The number of ether oxygens (including phenoxy) is 1. The van der Waals surface area contributed by atoms with E-state index in [9.17, 15) is 0 Å². The number of rotatable bonds is 4. The molecule has 2 heterocycles. The van der Waals surface area contributed by atoms with Gasteiger partial charge in [-0.3, -0.25) is 0 Å². The van der Waals surface area contributed by atoms with Crippen LogP contribution >= 0.6 is 11.3 Å². The first-order chi connectivity index (χ1) is 8.63. The molecule has 1 unspecified atom stereocenters. The van der Waals surface area contributed by atoms with Crippen molar-refractivity contribution in [2.24, 2.45) is 0 Å². The van der Waals surface area contributed by atoms with Gasteiger partial charge in [0.2, 0.25) is 0 Å². The first-order valence-corrected chi connectivity index (χ1v) is 7.40. The fraction of sp³-hybridized carbons (Fsp3) is 0.769. The Hall–Kier alpha value is -0.650. The second-order valence-electron chi connectivity index (χ2n) is 4.91. The third kappa shape index (κ3) is 2.84. The molecule has 0 bridgehead atoms. The summed E-state index contributed by atoms with van der Waals surface area (Å²) < 4.78 is 5.42. The van der Waals surface area contributed by atoms with Gasteiger partial charge in [0.1, 0.15) is 0 Å². The zero-order valence-electron chi connectivity index (χ0n) is 11.7. The highest BCUT2D eigenvalue weighted by atomic mass is 32.1. The molecular weight excluding hydrogens is 246 g/mol. The molecule has 0 aromatic carbocycles. The van der Waals surface area contributed by atoms with Crippen LogP contribution in [0.2, 0.25) is 0 Å². The van der Waals surface area contributed by atoms with Crippen molar-refractivity contribution in [2.45, 2.75) is 38.8 Å². The van der Waals surface area contributed by atoms with Gasteiger partial charge in [0.05, 0.1) is 5.69 Å². The van der Waals surface area contributed by atoms with Gasteiger partial charge in [-0.05, 0) is 33.7 Å². The molecule has 1 aromatic heterocycles. The molecule has 1 aliphatic heterocycles. The maximum atomic E-state index is 5.42. The van der Waals surface area contributed by atoms with Crippen LogP contribution in [-0.4, -0.2) is 38.3 Å². The van der Waals surface area contributed by atoms with Gasteiger partial charge in [-0.25, -0.2) is 4.98 Å². The highest BCUT2D eigenvalue weighted by Gasteiger charge is 2.22. The minimum atomic E-state index is 0.374. The quantitative estimate of drug-likeness (QED) is 0.910. The predicted octanol–water partition coefficient (Wildman–Crippen LogP) is 2.35. The smallest absolute Gasteiger partial charge is 0.185 e. The molecule has 0 aliphatic carbocycles. The molecule has 0 radical (unpaired) electrons. The Morgan fingerprint density at radius 2 is 2.11 bits per heavy atom. The third-order valence-corrected chi connectivity index (χ3v) is 5.12. The van der Waals surface area contributed by atoms with E-state index >= 15 is 0 Å². The second kappa shape index (κ2) is 5.99. The third-order valence-electron chi connectivity index (χ3n) is 3.69. The molecular formula is C13H23N3OS. The molecule has 1 aliphatic rings. The standard InChI is InChI=1S/C13H23N3OS/c1-9(14-3)12-10(2)15-13(18-12)16(4)11-5-7-17-8-6-11/h9,11,14H,5-8H2,1-4H3. The minimum Gasteiger partial charge on any atom is -0.381 e. The highest BCUT2D eigenvalue weighted by Crippen LogP contribution is 2.32. The van der Waals surface area contributed by atoms with E-state index in [0.29, 0.717) is 12.1 Å². The van der Waals surface area contributed by atoms with Crippen LogP contribution in [0.25, 0.3) is 0 Å². The average molecular weight is 269 g/mol. The Balaban J connectivity index is 2.12. The van der Waals surface area contributed by atoms with Gasteiger partial charge in [-0.1, -0.05) is 0 Å². The van der Waals surface area contributed by atoms with Crippen molar-refractivity contribution < 1.29 is 4.74 Å². The Morgan fingerprint density at radius 3 is 2.72 bits per heavy atom. The lowest BCUT2D eigenvalue weighted by Gasteiger charge is -2.30. The molecule has 2 rings (SSSR count). The van der Waals surface area contributed by atoms with E-state index in [1.807, 2.05) is 7.05 Å². The van der Waals surface area contributed by atoms with Crippen LogP contribution < -0.4 is 10.2 Å². The minimum absolute atomic E-state index is 0.374. The molecule has 1 atom stereocenters. The van der Waals surface area contributed by atoms with E-state index in [4.69, 9.17) is 9.72 Å². The summed E-state index contributed by atoms with van der Waals surface area (Å²) in [6.45, 7) is 6.03. The molecule has 1 fully saturated rings. The summed E-state index contributed by atoms with van der Waals surface area (Å²) in [5.74, 6) is 0. The second-order valence-corrected chi connectivity index (χ2v) is 5.92. The highest BCUT2D eigenvalue weighted by molar-refractivity contribution is 7.15. The van der Waals surface area contributed by atoms with Gasteiger partial charge < -0.3 is 15.0 Å². The Bertz CT molecular complexity index is 388. The lowest BCUT2D eigenvalue weighted by molar-refractivity contribution is 0.0855. The van der Waals surface area contributed by atoms with Crippen LogP contribution in [0.3, 0.4) is 0 Å². The fourth-order valence-electron chi connectivity index (χ4n) is 2.31. The SMILES string of the molecule is CNC(C)c1sc(N(C)C2CCOCC2)nc1C. The summed E-state index contributed by atoms with van der Waals surface area (Å²) in [6.07, 6.45) is 2.21. The lowest BCUT2D eigenvalue weighted by Crippen LogP contribution is -2.36. The molecule has 0 saturated carbocycles. The molecule has 0 spiro atoms. The van der Waals surface area contributed by atoms with Crippen molar-refractivity contribution in [1.29, 1.82) is 0 Å². The van der Waals surface area contributed by atoms with Crippen LogP contribution in [0.1, 0.15) is 36.4 Å². The van der Waals surface area contributed by atoms with Crippen LogP contribution in [0.5, 0.6) is 0 Å². The van der Waals surface area contributed by atoms with E-state index < -0.39 is 0 Å². The number of nitrogens with zero attached hydrogens (tertiary/aromatic N) is 2. The zero-order valence-corrected chi connectivity index (χ0v) is 12.5. The maximum absolute atomic E-state index is 5.42. The van der Waals surface area contributed by atoms with Crippen molar-refractivity contribution in [2.75, 3.05) is 32.2 Å². The van der Waals surface area contributed by atoms with Gasteiger partial charge in [-0.2, -0.15) is 0 Å². The Kier molecular flexibility index (Phi) is 4.59. The fourth-order valence-corrected chi connectivity index (χ4v) is 3.47. The van der Waals surface area contributed by atoms with E-state index in [0.717, 1.165) is 36.9 Å². The summed E-state index contributed by atoms with van der Waals surface area (Å²) in [4.78, 5) is 8.38. The number of thiazole rings is 1. The van der Waals surface area contributed by atoms with E-state index in [1.165, 1.54) is 4.88 Å². The molecule has 1 saturated heterocycles. The molecule has 1 aromatic rings. The predicted molar refractivity (Wildman–Crippen MR) is 76.6 cm³/mol. The van der Waals surface area contributed by atoms with Crippen molar-refractivity contribution in [1.82, 2.24) is 10.3 Å². The Labute approximate surface area is 113 Å². The van der Waals surface area contributed by atoms with E-state index in [2.05, 4.69) is 31.1 Å². The summed E-state index contributed by atoms with van der Waals surface area (Å²) in [6, 6.07) is 0.946. The normalized spacial score (nSPS) is 18.9. The monoisotopic (exact) mass is 269 g/mol. The first-order valence-electron chi connectivity index (χ1n) is 6.58. The number of aryl methyl sites for hydroxylation is 1. The number of hydrogen-bond acceptors (Lipinski definition) is 5. The lowest BCUT2D eigenvalue weighted by atomic mass is 10.1. The Morgan fingerprint density at radius 1 is 1.44 bits per heavy atom. The summed E-state index contributed by atoms with van der Waals surface area (Å²) in [5, 5.41) is 4.42. The van der Waals surface area contributed by atoms with Crippen molar-refractivity contribution in [3.8, 4) is 0 Å². The number of hydrogen-bond donors (Lipinski definition) is 1. The van der Waals surface area contributed by atoms with Crippen LogP contribution in [-0.2, 0) is 4.74 Å². The molecule has 1 N–H and O–H groups in total. The van der Waals surface area contributed by atoms with Crippen LogP contribution in [0.15, 0.2) is 0 Å². The largest absolute Gasteiger partial charge is 0.381 e. The molecule has 4 nitrogen and oxygen atoms in total. The number of anilines is 1. The van der Waals surface area contributed by atoms with Gasteiger partial charge in [0.25, 0.3) is 0 Å². The van der Waals surface area contributed by atoms with Gasteiger partial charge >= 0.3 is 0 Å². The average Bonchev–Trinajstić information content (AvgIpc) is 2.80. The van der Waals surface area contributed by atoms with E-state index in [1.54, 1.807) is 11.3 Å². The maximum Gasteiger partial charge on any atom is 0.185 e. The summed E-state index contributed by atoms with van der Waals surface area (Å²) in [7, 11) is 4.15. The van der Waals surface area contributed by atoms with Crippen LogP contribution in [0, 0.1) is 6.92 Å². The summed E-state index contributed by atoms with van der Waals surface area (Å²) >= 11 is 1.81. The summed E-state index contributed by atoms with van der Waals surface area (Å²) in [5.41, 5.74) is 1.15. The zero-order chi connectivity index (χ0) is 13.1. The topological polar surface area (TPSA) is 37.4 Å². The van der Waals surface area contributed by atoms with Gasteiger partial charge in [0.15, 0.2) is 5.13 Å². The van der Waals surface area contributed by atoms with Gasteiger partial charge in [-0.15, -0.1) is 11.3 Å². The van der Waals surface area contributed by atoms with Crippen molar-refractivity contribution in [3.05, 3.63) is 10.6 Å². The van der Waals surface area contributed by atoms with Crippen molar-refractivity contribution in [3.63, 3.8) is 0 Å². The van der Waals surface area contributed by atoms with E-state index in [-0.39, 0.29) is 0 Å². The number of aromatic nitrogens is 1. The van der Waals surface area contributed by atoms with Crippen molar-refractivity contribution >= 4 is 16.5 Å². The molecule has 18 heavy (non-hydrogen) atoms. The molecule has 0 amide bonds. The molecule has 5 heteroatoms. The number of nitrogens with one attached hydrogen (secondary N) is 1.